The molecule has 1 aromatic rings. The highest BCUT2D eigenvalue weighted by Crippen LogP contribution is 2.26. The average Bonchev–Trinajstić information content (AvgIpc) is 2.84. The molecule has 3 heteroatoms. The molecular weight excluding hydrogens is 248 g/mol. The third-order valence-electron chi connectivity index (χ3n) is 4.43. The lowest BCUT2D eigenvalue weighted by Crippen LogP contribution is -2.35. The highest BCUT2D eigenvalue weighted by atomic mass is 16.5. The molecule has 0 aliphatic carbocycles. The molecule has 0 spiro atoms. The van der Waals surface area contributed by atoms with Gasteiger partial charge in [-0.3, -0.25) is 4.90 Å². The Morgan fingerprint density at radius 2 is 2.10 bits per heavy atom. The fourth-order valence-corrected chi connectivity index (χ4v) is 3.21. The summed E-state index contributed by atoms with van der Waals surface area (Å²) in [6.07, 6.45) is 5.05. The monoisotopic (exact) mass is 276 g/mol. The number of hydrogen-bond acceptors (Lipinski definition) is 3. The van der Waals surface area contributed by atoms with E-state index in [4.69, 9.17) is 10.5 Å². The van der Waals surface area contributed by atoms with Crippen molar-refractivity contribution in [2.45, 2.75) is 58.2 Å². The summed E-state index contributed by atoms with van der Waals surface area (Å²) in [4.78, 5) is 2.65. The normalized spacial score (nSPS) is 23.1. The van der Waals surface area contributed by atoms with Crippen molar-refractivity contribution in [2.75, 3.05) is 13.2 Å². The first-order valence-electron chi connectivity index (χ1n) is 7.92. The molecule has 1 aliphatic rings. The highest BCUT2D eigenvalue weighted by Gasteiger charge is 2.28. The van der Waals surface area contributed by atoms with E-state index in [-0.39, 0.29) is 0 Å². The van der Waals surface area contributed by atoms with Crippen molar-refractivity contribution in [1.82, 2.24) is 4.90 Å². The Morgan fingerprint density at radius 3 is 2.85 bits per heavy atom. The van der Waals surface area contributed by atoms with E-state index in [9.17, 15) is 0 Å². The summed E-state index contributed by atoms with van der Waals surface area (Å²) in [5, 5.41) is 0. The first-order chi connectivity index (χ1) is 9.76. The van der Waals surface area contributed by atoms with Crippen molar-refractivity contribution in [3.63, 3.8) is 0 Å². The summed E-state index contributed by atoms with van der Waals surface area (Å²) < 4.78 is 5.89. The smallest absolute Gasteiger partial charge is 0.123 e. The van der Waals surface area contributed by atoms with E-state index in [2.05, 4.69) is 18.7 Å². The van der Waals surface area contributed by atoms with Gasteiger partial charge < -0.3 is 10.5 Å². The molecule has 1 aliphatic heterocycles. The molecule has 2 unspecified atom stereocenters. The summed E-state index contributed by atoms with van der Waals surface area (Å²) in [6, 6.07) is 9.56. The first kappa shape index (κ1) is 15.3. The van der Waals surface area contributed by atoms with Crippen molar-refractivity contribution in [3.05, 3.63) is 29.8 Å². The fourth-order valence-electron chi connectivity index (χ4n) is 3.21. The molecule has 0 aromatic heterocycles. The number of nitrogens with two attached hydrogens (primary N) is 1. The average molecular weight is 276 g/mol. The van der Waals surface area contributed by atoms with E-state index < -0.39 is 0 Å². The summed E-state index contributed by atoms with van der Waals surface area (Å²) in [5.74, 6) is 0.941. The summed E-state index contributed by atoms with van der Waals surface area (Å²) in [7, 11) is 0. The third-order valence-corrected chi connectivity index (χ3v) is 4.43. The number of para-hydroxylation sites is 1. The molecule has 1 aromatic carbocycles. The lowest BCUT2D eigenvalue weighted by Gasteiger charge is -2.27. The molecule has 20 heavy (non-hydrogen) atoms. The largest absolute Gasteiger partial charge is 0.493 e. The zero-order valence-corrected chi connectivity index (χ0v) is 12.8. The van der Waals surface area contributed by atoms with E-state index in [0.717, 1.165) is 43.0 Å². The van der Waals surface area contributed by atoms with Crippen molar-refractivity contribution in [2.24, 2.45) is 5.73 Å². The number of hydrogen-bond donors (Lipinski definition) is 1. The third kappa shape index (κ3) is 3.74. The van der Waals surface area contributed by atoms with Gasteiger partial charge in [0, 0.05) is 30.7 Å². The van der Waals surface area contributed by atoms with Crippen LogP contribution < -0.4 is 10.5 Å². The second kappa shape index (κ2) is 7.65. The van der Waals surface area contributed by atoms with Gasteiger partial charge in [-0.05, 0) is 38.7 Å². The Labute approximate surface area is 123 Å². The van der Waals surface area contributed by atoms with Crippen LogP contribution in [0.5, 0.6) is 5.75 Å². The SMILES string of the molecule is CCC1CCC(C)N1CCCOc1ccccc1CN. The molecule has 1 heterocycles. The molecule has 0 radical (unpaired) electrons. The van der Waals surface area contributed by atoms with E-state index in [0.29, 0.717) is 6.54 Å². The van der Waals surface area contributed by atoms with Gasteiger partial charge in [-0.25, -0.2) is 0 Å². The Bertz CT molecular complexity index is 408. The van der Waals surface area contributed by atoms with Crippen LogP contribution in [0, 0.1) is 0 Å². The molecule has 2 rings (SSSR count). The molecule has 1 saturated heterocycles. The van der Waals surface area contributed by atoms with Crippen LogP contribution in [-0.2, 0) is 6.54 Å². The summed E-state index contributed by atoms with van der Waals surface area (Å²) in [6.45, 7) is 7.10. The Hall–Kier alpha value is -1.06. The van der Waals surface area contributed by atoms with E-state index >= 15 is 0 Å². The highest BCUT2D eigenvalue weighted by molar-refractivity contribution is 5.32. The summed E-state index contributed by atoms with van der Waals surface area (Å²) >= 11 is 0. The molecule has 0 saturated carbocycles. The molecule has 0 amide bonds. The predicted molar refractivity (Wildman–Crippen MR) is 83.9 cm³/mol. The van der Waals surface area contributed by atoms with Gasteiger partial charge in [0.2, 0.25) is 0 Å². The first-order valence-corrected chi connectivity index (χ1v) is 7.92. The van der Waals surface area contributed by atoms with Crippen molar-refractivity contribution >= 4 is 0 Å². The van der Waals surface area contributed by atoms with Gasteiger partial charge in [-0.15, -0.1) is 0 Å². The second-order valence-electron chi connectivity index (χ2n) is 5.74. The quantitative estimate of drug-likeness (QED) is 0.777. The maximum atomic E-state index is 5.89. The zero-order valence-electron chi connectivity index (χ0n) is 12.8. The lowest BCUT2D eigenvalue weighted by atomic mass is 10.1. The number of rotatable bonds is 7. The lowest BCUT2D eigenvalue weighted by molar-refractivity contribution is 0.179. The number of ether oxygens (including phenoxy) is 1. The van der Waals surface area contributed by atoms with Crippen LogP contribution in [-0.4, -0.2) is 30.1 Å². The van der Waals surface area contributed by atoms with Crippen molar-refractivity contribution < 1.29 is 4.74 Å². The standard InChI is InChI=1S/C17H28N2O/c1-3-16-10-9-14(2)19(16)11-6-12-20-17-8-5-4-7-15(17)13-18/h4-5,7-8,14,16H,3,6,9-13,18H2,1-2H3. The fraction of sp³-hybridized carbons (Fsp3) is 0.647. The van der Waals surface area contributed by atoms with Crippen LogP contribution in [0.15, 0.2) is 24.3 Å². The number of likely N-dealkylation sites (tertiary alicyclic amines) is 1. The van der Waals surface area contributed by atoms with Gasteiger partial charge in [0.25, 0.3) is 0 Å². The van der Waals surface area contributed by atoms with E-state index in [1.807, 2.05) is 24.3 Å². The van der Waals surface area contributed by atoms with Gasteiger partial charge in [0.05, 0.1) is 6.61 Å². The minimum atomic E-state index is 0.539. The minimum absolute atomic E-state index is 0.539. The molecule has 3 nitrogen and oxygen atoms in total. The molecular formula is C17H28N2O. The topological polar surface area (TPSA) is 38.5 Å². The van der Waals surface area contributed by atoms with Gasteiger partial charge in [0.15, 0.2) is 0 Å². The van der Waals surface area contributed by atoms with Crippen LogP contribution in [0.1, 0.15) is 45.1 Å². The van der Waals surface area contributed by atoms with Crippen LogP contribution in [0.25, 0.3) is 0 Å². The molecule has 2 atom stereocenters. The van der Waals surface area contributed by atoms with Crippen molar-refractivity contribution in [1.29, 1.82) is 0 Å². The maximum absolute atomic E-state index is 5.89. The van der Waals surface area contributed by atoms with Gasteiger partial charge in [-0.2, -0.15) is 0 Å². The molecule has 2 N–H and O–H groups in total. The number of benzene rings is 1. The Balaban J connectivity index is 1.76. The number of nitrogens with zero attached hydrogens (tertiary/aromatic N) is 1. The second-order valence-corrected chi connectivity index (χ2v) is 5.74. The summed E-state index contributed by atoms with van der Waals surface area (Å²) in [5.41, 5.74) is 6.81. The van der Waals surface area contributed by atoms with Crippen LogP contribution in [0.4, 0.5) is 0 Å². The molecule has 112 valence electrons. The molecule has 1 fully saturated rings. The Kier molecular flexibility index (Phi) is 5.86. The Morgan fingerprint density at radius 1 is 1.30 bits per heavy atom. The predicted octanol–water partition coefficient (Wildman–Crippen LogP) is 3.18. The van der Waals surface area contributed by atoms with Crippen LogP contribution in [0.2, 0.25) is 0 Å². The van der Waals surface area contributed by atoms with Crippen molar-refractivity contribution in [3.8, 4) is 5.75 Å². The van der Waals surface area contributed by atoms with Crippen LogP contribution >= 0.6 is 0 Å². The van der Waals surface area contributed by atoms with Gasteiger partial charge >= 0.3 is 0 Å². The molecule has 0 bridgehead atoms. The van der Waals surface area contributed by atoms with E-state index in [1.165, 1.54) is 19.3 Å². The van der Waals surface area contributed by atoms with E-state index in [1.54, 1.807) is 0 Å². The van der Waals surface area contributed by atoms with Gasteiger partial charge in [0.1, 0.15) is 5.75 Å². The zero-order chi connectivity index (χ0) is 14.4. The van der Waals surface area contributed by atoms with Crippen LogP contribution in [0.3, 0.4) is 0 Å². The maximum Gasteiger partial charge on any atom is 0.123 e. The minimum Gasteiger partial charge on any atom is -0.493 e. The van der Waals surface area contributed by atoms with Gasteiger partial charge in [-0.1, -0.05) is 25.1 Å².